The maximum Gasteiger partial charge on any atom is 0.275 e. The molecule has 0 unspecified atom stereocenters. The third kappa shape index (κ3) is 3.26. The quantitative estimate of drug-likeness (QED) is 0.874. The molecule has 0 aliphatic heterocycles. The first-order valence-corrected chi connectivity index (χ1v) is 6.79. The fourth-order valence-corrected chi connectivity index (χ4v) is 2.04. The highest BCUT2D eigenvalue weighted by Gasteiger charge is 2.15. The third-order valence-corrected chi connectivity index (χ3v) is 3.29. The van der Waals surface area contributed by atoms with Crippen LogP contribution in [0.4, 0.5) is 15.9 Å². The van der Waals surface area contributed by atoms with Gasteiger partial charge in [-0.05, 0) is 30.3 Å². The van der Waals surface area contributed by atoms with Crippen LogP contribution < -0.4 is 10.6 Å². The number of nitrogens with one attached hydrogen (secondary N) is 2. The minimum atomic E-state index is -0.576. The molecule has 0 aliphatic rings. The van der Waals surface area contributed by atoms with Crippen molar-refractivity contribution in [3.05, 3.63) is 51.3 Å². The van der Waals surface area contributed by atoms with Gasteiger partial charge in [0, 0.05) is 11.5 Å². The molecule has 104 valence electrons. The van der Waals surface area contributed by atoms with Crippen LogP contribution in [0.15, 0.2) is 34.8 Å². The molecule has 0 spiro atoms. The number of pyridine rings is 1. The molecule has 1 amide bonds. The zero-order valence-electron chi connectivity index (χ0n) is 10.4. The van der Waals surface area contributed by atoms with Crippen molar-refractivity contribution < 1.29 is 9.18 Å². The Morgan fingerprint density at radius 1 is 1.35 bits per heavy atom. The summed E-state index contributed by atoms with van der Waals surface area (Å²) in [5.74, 6) is -0.627. The van der Waals surface area contributed by atoms with E-state index in [1.54, 1.807) is 25.2 Å². The van der Waals surface area contributed by atoms with Crippen molar-refractivity contribution in [2.75, 3.05) is 17.7 Å². The summed E-state index contributed by atoms with van der Waals surface area (Å²) >= 11 is 9.07. The maximum absolute atomic E-state index is 13.7. The monoisotopic (exact) mass is 357 g/mol. The Morgan fingerprint density at radius 3 is 2.75 bits per heavy atom. The third-order valence-electron chi connectivity index (χ3n) is 2.50. The van der Waals surface area contributed by atoms with Crippen molar-refractivity contribution in [1.82, 2.24) is 4.98 Å². The summed E-state index contributed by atoms with van der Waals surface area (Å²) in [7, 11) is 1.67. The Balaban J connectivity index is 2.28. The van der Waals surface area contributed by atoms with E-state index in [4.69, 9.17) is 11.6 Å². The Kier molecular flexibility index (Phi) is 4.57. The maximum atomic E-state index is 13.7. The standard InChI is InChI=1S/C13H10BrClFN3O/c1-17-11-5-3-8(15)12(19-11)13(20)18-10-4-2-7(14)6-9(10)16/h2-6H,1H3,(H,17,19)(H,18,20). The van der Waals surface area contributed by atoms with E-state index >= 15 is 0 Å². The minimum absolute atomic E-state index is 0.0286. The second kappa shape index (κ2) is 6.19. The van der Waals surface area contributed by atoms with Crippen molar-refractivity contribution in [1.29, 1.82) is 0 Å². The highest BCUT2D eigenvalue weighted by Crippen LogP contribution is 2.22. The molecule has 2 N–H and O–H groups in total. The second-order valence-electron chi connectivity index (χ2n) is 3.86. The topological polar surface area (TPSA) is 54.0 Å². The number of rotatable bonds is 3. The Labute approximate surface area is 128 Å². The fourth-order valence-electron chi connectivity index (χ4n) is 1.51. The molecule has 0 saturated heterocycles. The van der Waals surface area contributed by atoms with Crippen LogP contribution in [0.3, 0.4) is 0 Å². The van der Waals surface area contributed by atoms with Gasteiger partial charge in [0.25, 0.3) is 5.91 Å². The van der Waals surface area contributed by atoms with Crippen molar-refractivity contribution in [3.8, 4) is 0 Å². The highest BCUT2D eigenvalue weighted by molar-refractivity contribution is 9.10. The van der Waals surface area contributed by atoms with E-state index in [0.717, 1.165) is 0 Å². The second-order valence-corrected chi connectivity index (χ2v) is 5.18. The summed E-state index contributed by atoms with van der Waals surface area (Å²) in [6.45, 7) is 0. The fraction of sp³-hybridized carbons (Fsp3) is 0.0769. The molecule has 7 heteroatoms. The summed E-state index contributed by atoms with van der Waals surface area (Å²) in [5, 5.41) is 5.43. The van der Waals surface area contributed by atoms with Gasteiger partial charge in [-0.25, -0.2) is 9.37 Å². The van der Waals surface area contributed by atoms with Gasteiger partial charge in [0.15, 0.2) is 0 Å². The molecule has 0 bridgehead atoms. The summed E-state index contributed by atoms with van der Waals surface area (Å²) in [4.78, 5) is 16.1. The molecule has 0 atom stereocenters. The lowest BCUT2D eigenvalue weighted by Gasteiger charge is -2.08. The van der Waals surface area contributed by atoms with Gasteiger partial charge < -0.3 is 10.6 Å². The molecule has 2 rings (SSSR count). The molecule has 2 aromatic rings. The number of anilines is 2. The van der Waals surface area contributed by atoms with Crippen molar-refractivity contribution in [2.45, 2.75) is 0 Å². The van der Waals surface area contributed by atoms with Crippen molar-refractivity contribution >= 4 is 44.9 Å². The van der Waals surface area contributed by atoms with Crippen molar-refractivity contribution in [2.24, 2.45) is 0 Å². The first-order chi connectivity index (χ1) is 9.51. The number of carbonyl (C=O) groups is 1. The van der Waals surface area contributed by atoms with Gasteiger partial charge in [-0.3, -0.25) is 4.79 Å². The zero-order valence-corrected chi connectivity index (χ0v) is 12.7. The number of nitrogens with zero attached hydrogens (tertiary/aromatic N) is 1. The number of hydrogen-bond acceptors (Lipinski definition) is 3. The number of hydrogen-bond donors (Lipinski definition) is 2. The number of aromatic nitrogens is 1. The van der Waals surface area contributed by atoms with Crippen LogP contribution in [-0.4, -0.2) is 17.9 Å². The van der Waals surface area contributed by atoms with Gasteiger partial charge in [-0.1, -0.05) is 27.5 Å². The summed E-state index contributed by atoms with van der Waals surface area (Å²) in [5.41, 5.74) is 0.0896. The largest absolute Gasteiger partial charge is 0.373 e. The molecule has 0 saturated carbocycles. The predicted octanol–water partition coefficient (Wildman–Crippen LogP) is 3.93. The highest BCUT2D eigenvalue weighted by atomic mass is 79.9. The average molecular weight is 359 g/mol. The lowest BCUT2D eigenvalue weighted by atomic mass is 10.2. The number of amides is 1. The minimum Gasteiger partial charge on any atom is -0.373 e. The SMILES string of the molecule is CNc1ccc(Cl)c(C(=O)Nc2ccc(Br)cc2F)n1. The predicted molar refractivity (Wildman–Crippen MR) is 80.8 cm³/mol. The lowest BCUT2D eigenvalue weighted by Crippen LogP contribution is -2.16. The van der Waals surface area contributed by atoms with E-state index in [-0.39, 0.29) is 16.4 Å². The first-order valence-electron chi connectivity index (χ1n) is 5.62. The van der Waals surface area contributed by atoms with Crippen LogP contribution >= 0.6 is 27.5 Å². The summed E-state index contributed by atoms with van der Waals surface area (Å²) in [6, 6.07) is 7.52. The van der Waals surface area contributed by atoms with Crippen LogP contribution in [-0.2, 0) is 0 Å². The molecule has 1 heterocycles. The van der Waals surface area contributed by atoms with Crippen LogP contribution in [0.5, 0.6) is 0 Å². The van der Waals surface area contributed by atoms with Gasteiger partial charge >= 0.3 is 0 Å². The van der Waals surface area contributed by atoms with E-state index < -0.39 is 11.7 Å². The molecule has 0 radical (unpaired) electrons. The van der Waals surface area contributed by atoms with E-state index in [1.165, 1.54) is 12.1 Å². The number of benzene rings is 1. The van der Waals surface area contributed by atoms with Gasteiger partial charge in [0.05, 0.1) is 10.7 Å². The van der Waals surface area contributed by atoms with E-state index in [9.17, 15) is 9.18 Å². The molecular weight excluding hydrogens is 349 g/mol. The van der Waals surface area contributed by atoms with E-state index in [0.29, 0.717) is 10.3 Å². The molecule has 20 heavy (non-hydrogen) atoms. The van der Waals surface area contributed by atoms with Crippen LogP contribution in [0.25, 0.3) is 0 Å². The molecular formula is C13H10BrClFN3O. The Hall–Kier alpha value is -1.66. The smallest absolute Gasteiger partial charge is 0.275 e. The Bertz CT molecular complexity index is 666. The molecule has 0 fully saturated rings. The van der Waals surface area contributed by atoms with Gasteiger partial charge in [0.2, 0.25) is 0 Å². The number of halogens is 3. The zero-order chi connectivity index (χ0) is 14.7. The van der Waals surface area contributed by atoms with Crippen LogP contribution in [0.1, 0.15) is 10.5 Å². The number of carbonyl (C=O) groups excluding carboxylic acids is 1. The summed E-state index contributed by atoms with van der Waals surface area (Å²) < 4.78 is 14.2. The lowest BCUT2D eigenvalue weighted by molar-refractivity contribution is 0.102. The van der Waals surface area contributed by atoms with Gasteiger partial charge in [-0.2, -0.15) is 0 Å². The van der Waals surface area contributed by atoms with Crippen molar-refractivity contribution in [3.63, 3.8) is 0 Å². The average Bonchev–Trinajstić information content (AvgIpc) is 2.42. The molecule has 0 aliphatic carbocycles. The molecule has 4 nitrogen and oxygen atoms in total. The Morgan fingerprint density at radius 2 is 2.10 bits per heavy atom. The molecule has 1 aromatic carbocycles. The van der Waals surface area contributed by atoms with Gasteiger partial charge in [0.1, 0.15) is 17.3 Å². The summed E-state index contributed by atoms with van der Waals surface area (Å²) in [6.07, 6.45) is 0. The van der Waals surface area contributed by atoms with E-state index in [2.05, 4.69) is 31.5 Å². The van der Waals surface area contributed by atoms with Gasteiger partial charge in [-0.15, -0.1) is 0 Å². The van der Waals surface area contributed by atoms with E-state index in [1.807, 2.05) is 0 Å². The van der Waals surface area contributed by atoms with Crippen LogP contribution in [0, 0.1) is 5.82 Å². The van der Waals surface area contributed by atoms with Crippen LogP contribution in [0.2, 0.25) is 5.02 Å². The first kappa shape index (κ1) is 14.7. The normalized spacial score (nSPS) is 10.2. The molecule has 1 aromatic heterocycles.